The molecule has 28 heavy (non-hydrogen) atoms. The topological polar surface area (TPSA) is 79.8 Å². The van der Waals surface area contributed by atoms with Crippen LogP contribution in [0.25, 0.3) is 0 Å². The summed E-state index contributed by atoms with van der Waals surface area (Å²) in [6, 6.07) is 14.0. The van der Waals surface area contributed by atoms with Crippen molar-refractivity contribution in [3.8, 4) is 5.75 Å². The minimum atomic E-state index is -3.20. The third-order valence-electron chi connectivity index (χ3n) is 3.62. The second-order valence-electron chi connectivity index (χ2n) is 5.81. The maximum absolute atomic E-state index is 11.4. The second kappa shape index (κ2) is 12.1. The predicted octanol–water partition coefficient (Wildman–Crippen LogP) is 3.50. The van der Waals surface area contributed by atoms with Crippen molar-refractivity contribution in [3.63, 3.8) is 0 Å². The molecule has 0 saturated heterocycles. The fourth-order valence-electron chi connectivity index (χ4n) is 2.25. The van der Waals surface area contributed by atoms with Crippen LogP contribution in [0.2, 0.25) is 5.02 Å². The summed E-state index contributed by atoms with van der Waals surface area (Å²) in [7, 11) is -3.20. The van der Waals surface area contributed by atoms with Crippen LogP contribution in [0.15, 0.2) is 58.4 Å². The van der Waals surface area contributed by atoms with Crippen molar-refractivity contribution in [2.24, 2.45) is 4.99 Å². The molecule has 0 heterocycles. The van der Waals surface area contributed by atoms with Gasteiger partial charge in [-0.05, 0) is 42.8 Å². The number of halogens is 2. The molecule has 2 rings (SSSR count). The van der Waals surface area contributed by atoms with Gasteiger partial charge in [0.2, 0.25) is 0 Å². The monoisotopic (exact) mass is 537 g/mol. The van der Waals surface area contributed by atoms with Crippen molar-refractivity contribution >= 4 is 51.4 Å². The molecule has 2 aromatic rings. The highest BCUT2D eigenvalue weighted by atomic mass is 127. The molecule has 2 N–H and O–H groups in total. The average Bonchev–Trinajstić information content (AvgIpc) is 2.64. The SMILES string of the molecule is CCNC(=NCc1ccccc1Cl)NCCOc1ccc(S(C)(=O)=O)cc1.I. The number of sulfone groups is 1. The van der Waals surface area contributed by atoms with Gasteiger partial charge in [-0.25, -0.2) is 13.4 Å². The number of benzene rings is 2. The van der Waals surface area contributed by atoms with Crippen LogP contribution >= 0.6 is 35.6 Å². The lowest BCUT2D eigenvalue weighted by molar-refractivity contribution is 0.321. The number of ether oxygens (including phenoxy) is 1. The van der Waals surface area contributed by atoms with Gasteiger partial charge in [-0.15, -0.1) is 24.0 Å². The largest absolute Gasteiger partial charge is 0.492 e. The number of aliphatic imine (C=N–C) groups is 1. The molecule has 0 saturated carbocycles. The highest BCUT2D eigenvalue weighted by Crippen LogP contribution is 2.16. The van der Waals surface area contributed by atoms with E-state index < -0.39 is 9.84 Å². The molecule has 0 aliphatic carbocycles. The van der Waals surface area contributed by atoms with E-state index >= 15 is 0 Å². The summed E-state index contributed by atoms with van der Waals surface area (Å²) >= 11 is 6.15. The van der Waals surface area contributed by atoms with Crippen LogP contribution in [0, 0.1) is 0 Å². The second-order valence-corrected chi connectivity index (χ2v) is 8.23. The fourth-order valence-corrected chi connectivity index (χ4v) is 3.08. The van der Waals surface area contributed by atoms with Crippen molar-refractivity contribution < 1.29 is 13.2 Å². The molecule has 0 bridgehead atoms. The van der Waals surface area contributed by atoms with E-state index in [-0.39, 0.29) is 28.9 Å². The molecule has 0 atom stereocenters. The molecule has 6 nitrogen and oxygen atoms in total. The van der Waals surface area contributed by atoms with Gasteiger partial charge in [0, 0.05) is 17.8 Å². The summed E-state index contributed by atoms with van der Waals surface area (Å²) in [5.41, 5.74) is 0.957. The molecule has 0 spiro atoms. The van der Waals surface area contributed by atoms with Crippen molar-refractivity contribution in [2.45, 2.75) is 18.4 Å². The zero-order valence-corrected chi connectivity index (χ0v) is 19.7. The number of hydrogen-bond donors (Lipinski definition) is 2. The highest BCUT2D eigenvalue weighted by molar-refractivity contribution is 14.0. The first-order valence-corrected chi connectivity index (χ1v) is 10.9. The van der Waals surface area contributed by atoms with E-state index in [9.17, 15) is 8.42 Å². The molecule has 0 aliphatic rings. The maximum Gasteiger partial charge on any atom is 0.191 e. The molecule has 0 fully saturated rings. The average molecular weight is 538 g/mol. The zero-order chi connectivity index (χ0) is 19.7. The van der Waals surface area contributed by atoms with Gasteiger partial charge in [0.1, 0.15) is 12.4 Å². The number of hydrogen-bond acceptors (Lipinski definition) is 4. The quantitative estimate of drug-likeness (QED) is 0.233. The maximum atomic E-state index is 11.4. The lowest BCUT2D eigenvalue weighted by Gasteiger charge is -2.12. The minimum Gasteiger partial charge on any atom is -0.492 e. The minimum absolute atomic E-state index is 0. The van der Waals surface area contributed by atoms with Crippen molar-refractivity contribution in [1.82, 2.24) is 10.6 Å². The van der Waals surface area contributed by atoms with E-state index in [2.05, 4.69) is 15.6 Å². The standard InChI is InChI=1S/C19H24ClN3O3S.HI/c1-3-21-19(23-14-15-6-4-5-7-18(15)20)22-12-13-26-16-8-10-17(11-9-16)27(2,24)25;/h4-11H,3,12-14H2,1-2H3,(H2,21,22,23);1H. The normalized spacial score (nSPS) is 11.5. The lowest BCUT2D eigenvalue weighted by atomic mass is 10.2. The molecule has 9 heteroatoms. The fraction of sp³-hybridized carbons (Fsp3) is 0.316. The van der Waals surface area contributed by atoms with Crippen molar-refractivity contribution in [3.05, 3.63) is 59.1 Å². The number of rotatable bonds is 8. The molecule has 0 amide bonds. The summed E-state index contributed by atoms with van der Waals surface area (Å²) in [4.78, 5) is 4.79. The van der Waals surface area contributed by atoms with E-state index in [0.717, 1.165) is 12.1 Å². The first kappa shape index (κ1) is 24.5. The Morgan fingerprint density at radius 2 is 1.79 bits per heavy atom. The van der Waals surface area contributed by atoms with E-state index in [4.69, 9.17) is 16.3 Å². The van der Waals surface area contributed by atoms with Crippen LogP contribution in [-0.2, 0) is 16.4 Å². The highest BCUT2D eigenvalue weighted by Gasteiger charge is 2.06. The molecule has 0 aromatic heterocycles. The van der Waals surface area contributed by atoms with Crippen LogP contribution < -0.4 is 15.4 Å². The van der Waals surface area contributed by atoms with Crippen LogP contribution in [0.4, 0.5) is 0 Å². The Balaban J connectivity index is 0.00000392. The van der Waals surface area contributed by atoms with Gasteiger partial charge in [-0.2, -0.15) is 0 Å². The summed E-state index contributed by atoms with van der Waals surface area (Å²) in [5, 5.41) is 7.05. The van der Waals surface area contributed by atoms with Crippen LogP contribution in [0.5, 0.6) is 5.75 Å². The summed E-state index contributed by atoms with van der Waals surface area (Å²) < 4.78 is 28.5. The molecule has 2 aromatic carbocycles. The lowest BCUT2D eigenvalue weighted by Crippen LogP contribution is -2.39. The first-order valence-electron chi connectivity index (χ1n) is 8.58. The predicted molar refractivity (Wildman–Crippen MR) is 125 cm³/mol. The molecule has 0 unspecified atom stereocenters. The molecule has 0 aliphatic heterocycles. The Morgan fingerprint density at radius 1 is 1.11 bits per heavy atom. The smallest absolute Gasteiger partial charge is 0.191 e. The molecule has 0 radical (unpaired) electrons. The molecular weight excluding hydrogens is 513 g/mol. The van der Waals surface area contributed by atoms with Gasteiger partial charge < -0.3 is 15.4 Å². The van der Waals surface area contributed by atoms with Gasteiger partial charge in [-0.1, -0.05) is 29.8 Å². The van der Waals surface area contributed by atoms with Gasteiger partial charge in [0.05, 0.1) is 18.0 Å². The van der Waals surface area contributed by atoms with E-state index in [1.165, 1.54) is 18.4 Å². The van der Waals surface area contributed by atoms with Crippen molar-refractivity contribution in [2.75, 3.05) is 26.0 Å². The summed E-state index contributed by atoms with van der Waals surface area (Å²) in [5.74, 6) is 1.29. The van der Waals surface area contributed by atoms with Gasteiger partial charge >= 0.3 is 0 Å². The zero-order valence-electron chi connectivity index (χ0n) is 15.8. The first-order chi connectivity index (χ1) is 12.9. The van der Waals surface area contributed by atoms with Crippen LogP contribution in [-0.4, -0.2) is 40.3 Å². The summed E-state index contributed by atoms with van der Waals surface area (Å²) in [6.45, 7) is 4.16. The third kappa shape index (κ3) is 8.24. The van der Waals surface area contributed by atoms with E-state index in [0.29, 0.717) is 36.4 Å². The Bertz CT molecular complexity index is 874. The Morgan fingerprint density at radius 3 is 2.39 bits per heavy atom. The van der Waals surface area contributed by atoms with E-state index in [1.54, 1.807) is 12.1 Å². The number of nitrogens with zero attached hydrogens (tertiary/aromatic N) is 1. The number of guanidine groups is 1. The third-order valence-corrected chi connectivity index (χ3v) is 5.12. The van der Waals surface area contributed by atoms with E-state index in [1.807, 2.05) is 31.2 Å². The number of nitrogens with one attached hydrogen (secondary N) is 2. The van der Waals surface area contributed by atoms with Gasteiger partial charge in [-0.3, -0.25) is 0 Å². The Labute approximate surface area is 188 Å². The van der Waals surface area contributed by atoms with Gasteiger partial charge in [0.25, 0.3) is 0 Å². The summed E-state index contributed by atoms with van der Waals surface area (Å²) in [6.07, 6.45) is 1.18. The van der Waals surface area contributed by atoms with Crippen molar-refractivity contribution in [1.29, 1.82) is 0 Å². The Hall–Kier alpha value is -1.52. The molecule has 154 valence electrons. The van der Waals surface area contributed by atoms with Crippen LogP contribution in [0.3, 0.4) is 0 Å². The van der Waals surface area contributed by atoms with Crippen LogP contribution in [0.1, 0.15) is 12.5 Å². The molecular formula is C19H25ClIN3O3S. The Kier molecular flexibility index (Phi) is 10.6. The van der Waals surface area contributed by atoms with Gasteiger partial charge in [0.15, 0.2) is 15.8 Å².